The van der Waals surface area contributed by atoms with Crippen molar-refractivity contribution in [2.45, 2.75) is 52.5 Å². The second-order valence-electron chi connectivity index (χ2n) is 9.17. The number of benzene rings is 2. The molecule has 2 heterocycles. The molecule has 1 N–H and O–H groups in total. The van der Waals surface area contributed by atoms with E-state index in [1.165, 1.54) is 23.5 Å². The van der Waals surface area contributed by atoms with Crippen LogP contribution in [0, 0.1) is 6.92 Å². The Labute approximate surface area is 204 Å². The molecule has 0 amide bonds. The molecule has 0 saturated heterocycles. The largest absolute Gasteiger partial charge is 0.487 e. The van der Waals surface area contributed by atoms with Crippen LogP contribution in [0.3, 0.4) is 0 Å². The van der Waals surface area contributed by atoms with E-state index in [0.29, 0.717) is 16.3 Å². The van der Waals surface area contributed by atoms with Crippen LogP contribution >= 0.6 is 11.3 Å². The quantitative estimate of drug-likeness (QED) is 0.286. The third-order valence-corrected chi connectivity index (χ3v) is 6.28. The number of aromatic amines is 1. The summed E-state index contributed by atoms with van der Waals surface area (Å²) < 4.78 is 49.8. The molecule has 9 heteroatoms. The van der Waals surface area contributed by atoms with Gasteiger partial charge in [0.25, 0.3) is 0 Å². The van der Waals surface area contributed by atoms with E-state index in [2.05, 4.69) is 9.97 Å². The molecule has 4 rings (SSSR count). The number of hydrogen-bond acceptors (Lipinski definition) is 5. The van der Waals surface area contributed by atoms with Crippen molar-refractivity contribution in [3.63, 3.8) is 0 Å². The number of halogens is 3. The van der Waals surface area contributed by atoms with Crippen LogP contribution in [0.4, 0.5) is 13.2 Å². The number of esters is 1. The van der Waals surface area contributed by atoms with Crippen LogP contribution in [0.5, 0.6) is 5.75 Å². The van der Waals surface area contributed by atoms with Gasteiger partial charge < -0.3 is 14.5 Å². The van der Waals surface area contributed by atoms with Gasteiger partial charge in [-0.05, 0) is 57.5 Å². The van der Waals surface area contributed by atoms with Gasteiger partial charge in [0.2, 0.25) is 0 Å². The van der Waals surface area contributed by atoms with Gasteiger partial charge in [0, 0.05) is 33.6 Å². The summed E-state index contributed by atoms with van der Waals surface area (Å²) in [6.45, 7) is 7.63. The first kappa shape index (κ1) is 24.8. The van der Waals surface area contributed by atoms with Gasteiger partial charge in [-0.15, -0.1) is 11.3 Å². The topological polar surface area (TPSA) is 64.2 Å². The molecule has 0 unspecified atom stereocenters. The fraction of sp³-hybridized carbons (Fsp3) is 0.308. The summed E-state index contributed by atoms with van der Waals surface area (Å²) in [7, 11) is 0. The van der Waals surface area contributed by atoms with Gasteiger partial charge in [0.1, 0.15) is 23.0 Å². The Bertz CT molecular complexity index is 1350. The summed E-state index contributed by atoms with van der Waals surface area (Å²) >= 11 is 1.41. The highest BCUT2D eigenvalue weighted by atomic mass is 32.1. The normalized spacial score (nSPS) is 12.2. The zero-order valence-electron chi connectivity index (χ0n) is 19.7. The van der Waals surface area contributed by atoms with Crippen LogP contribution in [0.2, 0.25) is 0 Å². The Balaban J connectivity index is 1.43. The number of thiazole rings is 1. The first-order valence-electron chi connectivity index (χ1n) is 11.0. The number of aryl methyl sites for hydroxylation is 1. The number of alkyl halides is 3. The number of aromatic nitrogens is 2. The molecule has 2 aromatic heterocycles. The average Bonchev–Trinajstić information content (AvgIpc) is 3.33. The maximum atomic E-state index is 12.8. The minimum Gasteiger partial charge on any atom is -0.487 e. The second kappa shape index (κ2) is 9.37. The van der Waals surface area contributed by atoms with Crippen LogP contribution in [-0.4, -0.2) is 21.5 Å². The number of nitrogens with one attached hydrogen (secondary N) is 1. The lowest BCUT2D eigenvalue weighted by Crippen LogP contribution is -2.24. The summed E-state index contributed by atoms with van der Waals surface area (Å²) in [5.41, 5.74) is 1.81. The molecule has 184 valence electrons. The molecular formula is C26H25F3N2O3S. The van der Waals surface area contributed by atoms with Crippen molar-refractivity contribution in [1.29, 1.82) is 0 Å². The number of carbonyl (C=O) groups is 1. The molecule has 35 heavy (non-hydrogen) atoms. The predicted octanol–water partition coefficient (Wildman–Crippen LogP) is 7.08. The number of fused-ring (bicyclic) bond motifs is 1. The number of ether oxygens (including phenoxy) is 2. The molecule has 4 aromatic rings. The number of H-pyrrole nitrogens is 1. The molecule has 5 nitrogen and oxygen atoms in total. The van der Waals surface area contributed by atoms with E-state index in [-0.39, 0.29) is 19.0 Å². The number of rotatable bonds is 6. The molecule has 0 aliphatic rings. The number of nitrogens with zero attached hydrogens (tertiary/aromatic N) is 1. The summed E-state index contributed by atoms with van der Waals surface area (Å²) in [5.74, 6) is 0.341. The minimum absolute atomic E-state index is 0.169. The molecule has 0 bridgehead atoms. The highest BCUT2D eigenvalue weighted by Crippen LogP contribution is 2.33. The monoisotopic (exact) mass is 502 g/mol. The molecule has 2 aromatic carbocycles. The molecule has 0 fully saturated rings. The summed E-state index contributed by atoms with van der Waals surface area (Å²) in [4.78, 5) is 20.8. The molecule has 0 aliphatic heterocycles. The Hall–Kier alpha value is -3.33. The number of hydrogen-bond donors (Lipinski definition) is 1. The maximum Gasteiger partial charge on any atom is 0.416 e. The Morgan fingerprint density at radius 2 is 1.80 bits per heavy atom. The van der Waals surface area contributed by atoms with Crippen LogP contribution < -0.4 is 4.74 Å². The van der Waals surface area contributed by atoms with Crippen molar-refractivity contribution in [2.75, 3.05) is 0 Å². The molecular weight excluding hydrogens is 477 g/mol. The maximum absolute atomic E-state index is 12.8. The van der Waals surface area contributed by atoms with Gasteiger partial charge in [-0.25, -0.2) is 4.98 Å². The third-order valence-electron chi connectivity index (χ3n) is 5.22. The van der Waals surface area contributed by atoms with Gasteiger partial charge >= 0.3 is 12.1 Å². The van der Waals surface area contributed by atoms with Crippen LogP contribution in [-0.2, 0) is 28.7 Å². The van der Waals surface area contributed by atoms with Crippen molar-refractivity contribution in [2.24, 2.45) is 0 Å². The van der Waals surface area contributed by atoms with E-state index in [1.807, 2.05) is 45.9 Å². The van der Waals surface area contributed by atoms with Crippen molar-refractivity contribution in [3.8, 4) is 16.3 Å². The zero-order chi connectivity index (χ0) is 25.4. The SMILES string of the molecule is Cc1sc(-c2ccc(C(F)(F)F)cc2)nc1COc1ccc2c(CC(=O)OC(C)(C)C)c[nH]c2c1. The van der Waals surface area contributed by atoms with E-state index in [4.69, 9.17) is 9.47 Å². The van der Waals surface area contributed by atoms with Crippen LogP contribution in [0.25, 0.3) is 21.5 Å². The lowest BCUT2D eigenvalue weighted by Gasteiger charge is -2.19. The molecule has 0 atom stereocenters. The summed E-state index contributed by atoms with van der Waals surface area (Å²) in [5, 5.41) is 1.55. The van der Waals surface area contributed by atoms with Crippen molar-refractivity contribution >= 4 is 28.2 Å². The van der Waals surface area contributed by atoms with E-state index >= 15 is 0 Å². The smallest absolute Gasteiger partial charge is 0.416 e. The van der Waals surface area contributed by atoms with Gasteiger partial charge in [0.15, 0.2) is 0 Å². The molecule has 0 aliphatic carbocycles. The summed E-state index contributed by atoms with van der Waals surface area (Å²) in [6, 6.07) is 10.6. The van der Waals surface area contributed by atoms with E-state index in [0.717, 1.165) is 39.2 Å². The Morgan fingerprint density at radius 1 is 1.09 bits per heavy atom. The van der Waals surface area contributed by atoms with E-state index in [9.17, 15) is 18.0 Å². The highest BCUT2D eigenvalue weighted by molar-refractivity contribution is 7.15. The van der Waals surface area contributed by atoms with Crippen molar-refractivity contribution in [1.82, 2.24) is 9.97 Å². The minimum atomic E-state index is -4.37. The highest BCUT2D eigenvalue weighted by Gasteiger charge is 2.30. The van der Waals surface area contributed by atoms with E-state index in [1.54, 1.807) is 6.20 Å². The van der Waals surface area contributed by atoms with Gasteiger partial charge in [-0.1, -0.05) is 12.1 Å². The fourth-order valence-corrected chi connectivity index (χ4v) is 4.50. The Kier molecular flexibility index (Phi) is 6.64. The second-order valence-corrected chi connectivity index (χ2v) is 10.4. The van der Waals surface area contributed by atoms with Crippen molar-refractivity contribution in [3.05, 3.63) is 70.4 Å². The third kappa shape index (κ3) is 6.03. The lowest BCUT2D eigenvalue weighted by atomic mass is 10.1. The van der Waals surface area contributed by atoms with Gasteiger partial charge in [-0.3, -0.25) is 4.79 Å². The number of carbonyl (C=O) groups excluding carboxylic acids is 1. The molecule has 0 saturated carbocycles. The first-order chi connectivity index (χ1) is 16.4. The molecule has 0 spiro atoms. The van der Waals surface area contributed by atoms with Crippen molar-refractivity contribution < 1.29 is 27.4 Å². The molecule has 0 radical (unpaired) electrons. The van der Waals surface area contributed by atoms with E-state index < -0.39 is 17.3 Å². The standard InChI is InChI=1S/C26H25F3N2O3S/c1-15-22(31-24(35-15)16-5-7-18(8-6-16)26(27,28)29)14-33-19-9-10-20-17(13-30-21(20)12-19)11-23(32)34-25(2,3)4/h5-10,12-13,30H,11,14H2,1-4H3. The summed E-state index contributed by atoms with van der Waals surface area (Å²) in [6.07, 6.45) is -2.41. The predicted molar refractivity (Wildman–Crippen MR) is 129 cm³/mol. The average molecular weight is 503 g/mol. The first-order valence-corrected chi connectivity index (χ1v) is 11.8. The van der Waals surface area contributed by atoms with Crippen LogP contribution in [0.1, 0.15) is 42.5 Å². The van der Waals surface area contributed by atoms with Gasteiger partial charge in [-0.2, -0.15) is 13.2 Å². The lowest BCUT2D eigenvalue weighted by molar-refractivity contribution is -0.153. The zero-order valence-corrected chi connectivity index (χ0v) is 20.6. The van der Waals surface area contributed by atoms with Crippen LogP contribution in [0.15, 0.2) is 48.7 Å². The van der Waals surface area contributed by atoms with Gasteiger partial charge in [0.05, 0.1) is 17.7 Å². The fourth-order valence-electron chi connectivity index (χ4n) is 3.57. The Morgan fingerprint density at radius 3 is 2.46 bits per heavy atom.